The molecule has 0 spiro atoms. The normalized spacial score (nSPS) is 19.8. The van der Waals surface area contributed by atoms with E-state index in [1.807, 2.05) is 0 Å². The lowest BCUT2D eigenvalue weighted by Crippen LogP contribution is -2.53. The minimum absolute atomic E-state index is 0.0401. The van der Waals surface area contributed by atoms with E-state index in [0.717, 1.165) is 6.92 Å². The minimum atomic E-state index is -3.72. The number of ether oxygens (including phenoxy) is 2. The number of rotatable bonds is 6. The van der Waals surface area contributed by atoms with Gasteiger partial charge in [0.2, 0.25) is 17.1 Å². The van der Waals surface area contributed by atoms with Gasteiger partial charge >= 0.3 is 11.6 Å². The van der Waals surface area contributed by atoms with Crippen LogP contribution in [0, 0.1) is 15.9 Å². The largest absolute Gasteiger partial charge is 0.478 e. The third-order valence-electron chi connectivity index (χ3n) is 4.57. The number of benzene rings is 1. The first-order valence-electron chi connectivity index (χ1n) is 8.57. The number of hydrogen-bond acceptors (Lipinski definition) is 8. The van der Waals surface area contributed by atoms with Gasteiger partial charge in [-0.1, -0.05) is 11.6 Å². The van der Waals surface area contributed by atoms with Gasteiger partial charge in [0.25, 0.3) is 6.02 Å². The quantitative estimate of drug-likeness (QED) is 0.399. The van der Waals surface area contributed by atoms with Crippen LogP contribution in [0.3, 0.4) is 0 Å². The molecule has 0 fully saturated rings. The molecule has 164 valence electrons. The van der Waals surface area contributed by atoms with E-state index in [0.29, 0.717) is 12.1 Å². The summed E-state index contributed by atoms with van der Waals surface area (Å²) in [5, 5.41) is 11.7. The number of Topliss-reactive ketones (excluding diaryl/α,β-unsaturated/α-hetero) is 1. The van der Waals surface area contributed by atoms with Crippen LogP contribution in [0.25, 0.3) is 0 Å². The molecule has 1 aliphatic rings. The summed E-state index contributed by atoms with van der Waals surface area (Å²) in [5.41, 5.74) is 0.985. The minimum Gasteiger partial charge on any atom is -0.478 e. The summed E-state index contributed by atoms with van der Waals surface area (Å²) in [5.74, 6) is -6.32. The number of carbonyl (C=O) groups is 1. The van der Waals surface area contributed by atoms with Crippen molar-refractivity contribution in [3.05, 3.63) is 62.7 Å². The number of nitro benzene ring substituents is 1. The molecule has 1 aromatic heterocycles. The molecule has 0 aliphatic carbocycles. The van der Waals surface area contributed by atoms with Crippen molar-refractivity contribution in [3.8, 4) is 5.75 Å². The summed E-state index contributed by atoms with van der Waals surface area (Å²) < 4.78 is 53.7. The molecule has 3 rings (SSSR count). The van der Waals surface area contributed by atoms with Gasteiger partial charge in [-0.05, 0) is 19.1 Å². The van der Waals surface area contributed by atoms with Gasteiger partial charge in [0.05, 0.1) is 9.95 Å². The van der Waals surface area contributed by atoms with Crippen molar-refractivity contribution in [2.45, 2.75) is 18.4 Å². The van der Waals surface area contributed by atoms with Crippen LogP contribution in [0.4, 0.5) is 18.9 Å². The number of nitrogens with two attached hydrogens (primary N) is 1. The Morgan fingerprint density at radius 1 is 1.42 bits per heavy atom. The Morgan fingerprint density at radius 3 is 2.74 bits per heavy atom. The average molecular weight is 459 g/mol. The van der Waals surface area contributed by atoms with Gasteiger partial charge in [0, 0.05) is 23.9 Å². The summed E-state index contributed by atoms with van der Waals surface area (Å²) in [4.78, 5) is 29.7. The fraction of sp³-hybridized carbons (Fsp3) is 0.278. The number of halogens is 4. The number of alkyl halides is 2. The Kier molecular flexibility index (Phi) is 5.77. The zero-order valence-corrected chi connectivity index (χ0v) is 16.5. The van der Waals surface area contributed by atoms with Crippen LogP contribution in [0.1, 0.15) is 23.0 Å². The summed E-state index contributed by atoms with van der Waals surface area (Å²) in [6.45, 7) is -0.978. The Bertz CT molecular complexity index is 1080. The maximum absolute atomic E-state index is 14.8. The van der Waals surface area contributed by atoms with Gasteiger partial charge in [-0.25, -0.2) is 9.38 Å². The molecule has 13 heteroatoms. The predicted octanol–water partition coefficient (Wildman–Crippen LogP) is 3.24. The molecule has 0 unspecified atom stereocenters. The molecule has 1 aliphatic heterocycles. The zero-order chi connectivity index (χ0) is 23.0. The van der Waals surface area contributed by atoms with Crippen molar-refractivity contribution in [1.82, 2.24) is 4.98 Å². The highest BCUT2D eigenvalue weighted by Gasteiger charge is 2.58. The molecule has 0 saturated heterocycles. The molecule has 31 heavy (non-hydrogen) atoms. The SMILES string of the molecule is C[C@]1(c2cc([N+](=O)[O-])c(OCC(=O)c3ccc(Cl)cn3)cc2F)OC(N)=NCC1(F)F. The van der Waals surface area contributed by atoms with Crippen molar-refractivity contribution in [3.63, 3.8) is 0 Å². The van der Waals surface area contributed by atoms with Crippen molar-refractivity contribution < 1.29 is 32.4 Å². The molecular formula is C18H14ClF3N4O5. The number of ketones is 1. The summed E-state index contributed by atoms with van der Waals surface area (Å²) >= 11 is 5.68. The van der Waals surface area contributed by atoms with Crippen LogP contribution >= 0.6 is 11.6 Å². The molecular weight excluding hydrogens is 445 g/mol. The van der Waals surface area contributed by atoms with Gasteiger partial charge in [-0.2, -0.15) is 8.78 Å². The lowest BCUT2D eigenvalue weighted by molar-refractivity contribution is -0.386. The van der Waals surface area contributed by atoms with Crippen LogP contribution in [-0.4, -0.2) is 40.8 Å². The maximum Gasteiger partial charge on any atom is 0.311 e. The average Bonchev–Trinajstić information content (AvgIpc) is 2.69. The van der Waals surface area contributed by atoms with Gasteiger partial charge in [-0.3, -0.25) is 19.9 Å². The summed E-state index contributed by atoms with van der Waals surface area (Å²) in [6.07, 6.45) is 1.21. The second-order valence-electron chi connectivity index (χ2n) is 6.62. The Labute approximate surface area is 177 Å². The van der Waals surface area contributed by atoms with Crippen LogP contribution in [0.2, 0.25) is 5.02 Å². The highest BCUT2D eigenvalue weighted by Crippen LogP contribution is 2.46. The number of hydrogen-bond donors (Lipinski definition) is 1. The molecule has 0 amide bonds. The lowest BCUT2D eigenvalue weighted by Gasteiger charge is -2.39. The highest BCUT2D eigenvalue weighted by atomic mass is 35.5. The third kappa shape index (κ3) is 4.24. The lowest BCUT2D eigenvalue weighted by atomic mass is 9.87. The number of amidine groups is 1. The van der Waals surface area contributed by atoms with Crippen LogP contribution in [0.5, 0.6) is 5.75 Å². The van der Waals surface area contributed by atoms with Crippen molar-refractivity contribution >= 4 is 29.1 Å². The first kappa shape index (κ1) is 22.3. The van der Waals surface area contributed by atoms with E-state index in [4.69, 9.17) is 26.8 Å². The molecule has 0 radical (unpaired) electrons. The standard InChI is InChI=1S/C18H14ClF3N4O5/c1-17(18(21,22)8-25-16(23)31-17)10-4-13(26(28)29)15(5-11(10)20)30-7-14(27)12-3-2-9(19)6-24-12/h2-6H,7-8H2,1H3,(H2,23,25)/t17-/m1/s1. The number of pyridine rings is 1. The fourth-order valence-corrected chi connectivity index (χ4v) is 2.93. The van der Waals surface area contributed by atoms with Crippen LogP contribution in [0.15, 0.2) is 35.5 Å². The van der Waals surface area contributed by atoms with Gasteiger partial charge < -0.3 is 15.2 Å². The van der Waals surface area contributed by atoms with Gasteiger partial charge in [0.15, 0.2) is 6.61 Å². The first-order valence-corrected chi connectivity index (χ1v) is 8.95. The number of carbonyl (C=O) groups excluding carboxylic acids is 1. The molecule has 0 saturated carbocycles. The molecule has 2 aromatic rings. The van der Waals surface area contributed by atoms with Crippen molar-refractivity contribution in [2.24, 2.45) is 10.7 Å². The van der Waals surface area contributed by atoms with E-state index in [1.165, 1.54) is 18.3 Å². The zero-order valence-electron chi connectivity index (χ0n) is 15.8. The van der Waals surface area contributed by atoms with E-state index in [1.54, 1.807) is 0 Å². The smallest absolute Gasteiger partial charge is 0.311 e. The molecule has 2 heterocycles. The van der Waals surface area contributed by atoms with E-state index in [2.05, 4.69) is 9.98 Å². The first-order chi connectivity index (χ1) is 14.4. The fourth-order valence-electron chi connectivity index (χ4n) is 2.82. The van der Waals surface area contributed by atoms with Crippen molar-refractivity contribution in [2.75, 3.05) is 13.2 Å². The monoisotopic (exact) mass is 458 g/mol. The Balaban J connectivity index is 1.94. The van der Waals surface area contributed by atoms with Gasteiger partial charge in [0.1, 0.15) is 18.1 Å². The topological polar surface area (TPSA) is 130 Å². The molecule has 9 nitrogen and oxygen atoms in total. The Morgan fingerprint density at radius 2 is 2.13 bits per heavy atom. The molecule has 1 aromatic carbocycles. The summed E-state index contributed by atoms with van der Waals surface area (Å²) in [7, 11) is 0. The molecule has 1 atom stereocenters. The van der Waals surface area contributed by atoms with E-state index >= 15 is 0 Å². The van der Waals surface area contributed by atoms with Crippen molar-refractivity contribution in [1.29, 1.82) is 0 Å². The van der Waals surface area contributed by atoms with Crippen LogP contribution < -0.4 is 10.5 Å². The van der Waals surface area contributed by atoms with Gasteiger partial charge in [-0.15, -0.1) is 0 Å². The number of aromatic nitrogens is 1. The highest BCUT2D eigenvalue weighted by molar-refractivity contribution is 6.30. The second kappa shape index (κ2) is 8.02. The molecule has 2 N–H and O–H groups in total. The number of nitro groups is 1. The number of nitrogens with zero attached hydrogens (tertiary/aromatic N) is 3. The van der Waals surface area contributed by atoms with E-state index in [-0.39, 0.29) is 10.7 Å². The second-order valence-corrected chi connectivity index (χ2v) is 7.06. The predicted molar refractivity (Wildman–Crippen MR) is 102 cm³/mol. The third-order valence-corrected chi connectivity index (χ3v) is 4.79. The maximum atomic E-state index is 14.8. The summed E-state index contributed by atoms with van der Waals surface area (Å²) in [6, 6.07) is 3.18. The molecule has 0 bridgehead atoms. The van der Waals surface area contributed by atoms with Crippen LogP contribution in [-0.2, 0) is 10.3 Å². The van der Waals surface area contributed by atoms with E-state index in [9.17, 15) is 28.1 Å². The van der Waals surface area contributed by atoms with E-state index < -0.39 is 64.2 Å². The Hall–Kier alpha value is -3.41. The number of aliphatic imine (C=N–C) groups is 1.